The molecular weight excluding hydrogens is 292 g/mol. The summed E-state index contributed by atoms with van der Waals surface area (Å²) in [5.74, 6) is 1.34. The normalized spacial score (nSPS) is 17.6. The topological polar surface area (TPSA) is 98.7 Å². The van der Waals surface area contributed by atoms with Crippen molar-refractivity contribution in [1.82, 2.24) is 25.1 Å². The molecule has 1 unspecified atom stereocenters. The summed E-state index contributed by atoms with van der Waals surface area (Å²) < 4.78 is 1.68. The number of carbonyl (C=O) groups excluding carboxylic acids is 1. The fraction of sp³-hybridized carbons (Fsp3) is 0.250. The molecule has 1 fully saturated rings. The Balaban J connectivity index is 1.70. The number of anilines is 1. The molecule has 0 bridgehead atoms. The summed E-state index contributed by atoms with van der Waals surface area (Å²) >= 11 is 0. The van der Waals surface area contributed by atoms with Gasteiger partial charge in [0.1, 0.15) is 5.82 Å². The highest BCUT2D eigenvalue weighted by molar-refractivity contribution is 5.86. The maximum atomic E-state index is 11.3. The molecule has 1 amide bonds. The van der Waals surface area contributed by atoms with Crippen molar-refractivity contribution in [3.63, 3.8) is 0 Å². The van der Waals surface area contributed by atoms with Crippen LogP contribution in [0.1, 0.15) is 17.9 Å². The lowest BCUT2D eigenvalue weighted by molar-refractivity contribution is -0.119. The summed E-state index contributed by atoms with van der Waals surface area (Å²) in [6.07, 6.45) is 2.21. The first kappa shape index (κ1) is 13.7. The predicted molar refractivity (Wildman–Crippen MR) is 86.5 cm³/mol. The third-order valence-corrected chi connectivity index (χ3v) is 4.24. The number of amides is 1. The maximum absolute atomic E-state index is 11.3. The Morgan fingerprint density at radius 3 is 2.74 bits per heavy atom. The SMILES string of the molecule is Cn1ncc2c(N)nc(-c3ccc(C4CNC(=O)C4)cc3)nc21. The van der Waals surface area contributed by atoms with Crippen molar-refractivity contribution in [1.29, 1.82) is 0 Å². The minimum Gasteiger partial charge on any atom is -0.383 e. The van der Waals surface area contributed by atoms with Gasteiger partial charge < -0.3 is 11.1 Å². The number of nitrogens with one attached hydrogen (secondary N) is 1. The summed E-state index contributed by atoms with van der Waals surface area (Å²) in [5.41, 5.74) is 8.74. The van der Waals surface area contributed by atoms with E-state index in [0.29, 0.717) is 30.3 Å². The lowest BCUT2D eigenvalue weighted by atomic mass is 9.97. The zero-order valence-corrected chi connectivity index (χ0v) is 12.7. The van der Waals surface area contributed by atoms with Crippen molar-refractivity contribution < 1.29 is 4.79 Å². The largest absolute Gasteiger partial charge is 0.383 e. The van der Waals surface area contributed by atoms with Gasteiger partial charge in [-0.25, -0.2) is 9.97 Å². The zero-order valence-electron chi connectivity index (χ0n) is 12.7. The van der Waals surface area contributed by atoms with Crippen molar-refractivity contribution >= 4 is 22.8 Å². The Morgan fingerprint density at radius 1 is 1.26 bits per heavy atom. The van der Waals surface area contributed by atoms with Crippen LogP contribution in [0.3, 0.4) is 0 Å². The van der Waals surface area contributed by atoms with E-state index < -0.39 is 0 Å². The minimum absolute atomic E-state index is 0.108. The average Bonchev–Trinajstić information content (AvgIpc) is 3.15. The van der Waals surface area contributed by atoms with Gasteiger partial charge in [-0.2, -0.15) is 5.10 Å². The molecule has 1 atom stereocenters. The van der Waals surface area contributed by atoms with Crippen molar-refractivity contribution in [2.75, 3.05) is 12.3 Å². The van der Waals surface area contributed by atoms with E-state index in [1.807, 2.05) is 31.3 Å². The van der Waals surface area contributed by atoms with Gasteiger partial charge in [-0.3, -0.25) is 9.48 Å². The molecule has 2 aromatic heterocycles. The molecule has 7 nitrogen and oxygen atoms in total. The van der Waals surface area contributed by atoms with Crippen LogP contribution in [0.15, 0.2) is 30.5 Å². The number of fused-ring (bicyclic) bond motifs is 1. The summed E-state index contributed by atoms with van der Waals surface area (Å²) in [4.78, 5) is 20.2. The van der Waals surface area contributed by atoms with E-state index in [4.69, 9.17) is 5.73 Å². The van der Waals surface area contributed by atoms with E-state index in [0.717, 1.165) is 16.5 Å². The van der Waals surface area contributed by atoms with E-state index in [9.17, 15) is 4.79 Å². The number of carbonyl (C=O) groups is 1. The lowest BCUT2D eigenvalue weighted by Gasteiger charge is -2.09. The van der Waals surface area contributed by atoms with Crippen LogP contribution in [0.5, 0.6) is 0 Å². The number of rotatable bonds is 2. The minimum atomic E-state index is 0.108. The molecule has 1 aliphatic heterocycles. The molecule has 3 heterocycles. The number of nitrogens with zero attached hydrogens (tertiary/aromatic N) is 4. The Morgan fingerprint density at radius 2 is 2.04 bits per heavy atom. The molecule has 1 saturated heterocycles. The third-order valence-electron chi connectivity index (χ3n) is 4.24. The molecule has 1 aromatic carbocycles. The van der Waals surface area contributed by atoms with Crippen molar-refractivity contribution in [2.45, 2.75) is 12.3 Å². The van der Waals surface area contributed by atoms with Gasteiger partial charge in [-0.05, 0) is 5.56 Å². The number of nitrogens with two attached hydrogens (primary N) is 1. The summed E-state index contributed by atoms with van der Waals surface area (Å²) in [7, 11) is 1.83. The van der Waals surface area contributed by atoms with E-state index in [1.54, 1.807) is 10.9 Å². The highest BCUT2D eigenvalue weighted by Gasteiger charge is 2.22. The first-order chi connectivity index (χ1) is 11.1. The van der Waals surface area contributed by atoms with Crippen molar-refractivity contribution in [3.8, 4) is 11.4 Å². The number of nitrogen functional groups attached to an aromatic ring is 1. The lowest BCUT2D eigenvalue weighted by Crippen LogP contribution is -2.13. The first-order valence-corrected chi connectivity index (χ1v) is 7.44. The van der Waals surface area contributed by atoms with Gasteiger partial charge >= 0.3 is 0 Å². The molecule has 7 heteroatoms. The molecular formula is C16H16N6O. The molecule has 0 saturated carbocycles. The standard InChI is InChI=1S/C16H16N6O/c1-22-16-12(8-19-22)14(17)20-15(21-16)10-4-2-9(3-5-10)11-6-13(23)18-7-11/h2-5,8,11H,6-7H2,1H3,(H,18,23)(H2,17,20,21). The van der Waals surface area contributed by atoms with Crippen LogP contribution in [0.2, 0.25) is 0 Å². The first-order valence-electron chi connectivity index (χ1n) is 7.44. The Kier molecular flexibility index (Phi) is 3.00. The van der Waals surface area contributed by atoms with Gasteiger partial charge in [0.15, 0.2) is 11.5 Å². The summed E-state index contributed by atoms with van der Waals surface area (Å²) in [6.45, 7) is 0.697. The highest BCUT2D eigenvalue weighted by atomic mass is 16.1. The Bertz CT molecular complexity index is 899. The van der Waals surface area contributed by atoms with Gasteiger partial charge in [-0.1, -0.05) is 24.3 Å². The summed E-state index contributed by atoms with van der Waals surface area (Å²) in [6, 6.07) is 7.98. The van der Waals surface area contributed by atoms with Crippen LogP contribution in [-0.4, -0.2) is 32.2 Å². The van der Waals surface area contributed by atoms with Crippen LogP contribution in [0.4, 0.5) is 5.82 Å². The van der Waals surface area contributed by atoms with Crippen LogP contribution in [-0.2, 0) is 11.8 Å². The maximum Gasteiger partial charge on any atom is 0.220 e. The second-order valence-corrected chi connectivity index (χ2v) is 5.77. The van der Waals surface area contributed by atoms with Gasteiger partial charge in [0.2, 0.25) is 5.91 Å². The Labute approximate surface area is 132 Å². The van der Waals surface area contributed by atoms with E-state index >= 15 is 0 Å². The molecule has 4 rings (SSSR count). The number of benzene rings is 1. The molecule has 23 heavy (non-hydrogen) atoms. The highest BCUT2D eigenvalue weighted by Crippen LogP contribution is 2.27. The quantitative estimate of drug-likeness (QED) is 0.741. The van der Waals surface area contributed by atoms with Crippen LogP contribution >= 0.6 is 0 Å². The monoisotopic (exact) mass is 308 g/mol. The number of aryl methyl sites for hydroxylation is 1. The van der Waals surface area contributed by atoms with E-state index in [2.05, 4.69) is 20.4 Å². The molecule has 3 aromatic rings. The number of aromatic nitrogens is 4. The van der Waals surface area contributed by atoms with Crippen molar-refractivity contribution in [3.05, 3.63) is 36.0 Å². The zero-order chi connectivity index (χ0) is 16.0. The molecule has 0 spiro atoms. The summed E-state index contributed by atoms with van der Waals surface area (Å²) in [5, 5.41) is 7.77. The number of hydrogen-bond donors (Lipinski definition) is 2. The third kappa shape index (κ3) is 2.30. The van der Waals surface area contributed by atoms with Crippen LogP contribution in [0, 0.1) is 0 Å². The van der Waals surface area contributed by atoms with Gasteiger partial charge in [0.05, 0.1) is 11.6 Å². The van der Waals surface area contributed by atoms with Crippen LogP contribution in [0.25, 0.3) is 22.4 Å². The molecule has 1 aliphatic rings. The molecule has 116 valence electrons. The average molecular weight is 308 g/mol. The molecule has 0 aliphatic carbocycles. The van der Waals surface area contributed by atoms with E-state index in [-0.39, 0.29) is 11.8 Å². The number of hydrogen-bond acceptors (Lipinski definition) is 5. The molecule has 3 N–H and O–H groups in total. The Hall–Kier alpha value is -2.96. The van der Waals surface area contributed by atoms with E-state index in [1.165, 1.54) is 0 Å². The second kappa shape index (κ2) is 5.05. The second-order valence-electron chi connectivity index (χ2n) is 5.77. The smallest absolute Gasteiger partial charge is 0.220 e. The van der Waals surface area contributed by atoms with Crippen molar-refractivity contribution in [2.24, 2.45) is 7.05 Å². The fourth-order valence-corrected chi connectivity index (χ4v) is 2.92. The van der Waals surface area contributed by atoms with Crippen LogP contribution < -0.4 is 11.1 Å². The van der Waals surface area contributed by atoms with Gasteiger partial charge in [0.25, 0.3) is 0 Å². The predicted octanol–water partition coefficient (Wildman–Crippen LogP) is 1.22. The molecule has 0 radical (unpaired) electrons. The van der Waals surface area contributed by atoms with Gasteiger partial charge in [-0.15, -0.1) is 0 Å². The fourth-order valence-electron chi connectivity index (χ4n) is 2.92. The van der Waals surface area contributed by atoms with Gasteiger partial charge in [0, 0.05) is 31.5 Å².